The van der Waals surface area contributed by atoms with E-state index in [0.717, 1.165) is 12.1 Å². The number of nitrogens with zero attached hydrogens (tertiary/aromatic N) is 4. The van der Waals surface area contributed by atoms with Crippen LogP contribution >= 0.6 is 0 Å². The van der Waals surface area contributed by atoms with Crippen molar-refractivity contribution in [3.63, 3.8) is 0 Å². The van der Waals surface area contributed by atoms with Gasteiger partial charge in [0.15, 0.2) is 0 Å². The Morgan fingerprint density at radius 1 is 1.00 bits per heavy atom. The highest BCUT2D eigenvalue weighted by atomic mass is 19.4. The second-order valence-electron chi connectivity index (χ2n) is 7.78. The zero-order valence-corrected chi connectivity index (χ0v) is 17.4. The van der Waals surface area contributed by atoms with Gasteiger partial charge < -0.3 is 9.80 Å². The number of alkyl halides is 3. The molecule has 3 aromatic rings. The van der Waals surface area contributed by atoms with Gasteiger partial charge in [-0.25, -0.2) is 4.98 Å². The summed E-state index contributed by atoms with van der Waals surface area (Å²) < 4.78 is 40.4. The number of hydrogen-bond acceptors (Lipinski definition) is 4. The molecule has 0 N–H and O–H groups in total. The van der Waals surface area contributed by atoms with E-state index in [2.05, 4.69) is 4.98 Å². The van der Waals surface area contributed by atoms with E-state index in [0.29, 0.717) is 62.2 Å². The summed E-state index contributed by atoms with van der Waals surface area (Å²) in [7, 11) is 0. The number of fused-ring (bicyclic) bond motifs is 1. The summed E-state index contributed by atoms with van der Waals surface area (Å²) in [6.45, 7) is 2.24. The number of carbonyl (C=O) groups excluding carboxylic acids is 1. The molecule has 32 heavy (non-hydrogen) atoms. The fraction of sp³-hybridized carbons (Fsp3) is 0.348. The topological polar surface area (TPSA) is 58.4 Å². The van der Waals surface area contributed by atoms with Crippen molar-refractivity contribution in [2.45, 2.75) is 25.6 Å². The summed E-state index contributed by atoms with van der Waals surface area (Å²) >= 11 is 0. The molecule has 0 aliphatic carbocycles. The fourth-order valence-electron chi connectivity index (χ4n) is 3.92. The molecule has 1 aromatic heterocycles. The number of anilines is 1. The van der Waals surface area contributed by atoms with Crippen molar-refractivity contribution in [2.24, 2.45) is 0 Å². The highest BCUT2D eigenvalue weighted by Crippen LogP contribution is 2.31. The van der Waals surface area contributed by atoms with Crippen LogP contribution in [-0.2, 0) is 17.5 Å². The third-order valence-corrected chi connectivity index (χ3v) is 5.69. The lowest BCUT2D eigenvalue weighted by atomic mass is 10.1. The molecular formula is C23H23F3N4O2. The summed E-state index contributed by atoms with van der Waals surface area (Å²) in [5.74, 6) is -0.0181. The van der Waals surface area contributed by atoms with E-state index in [1.807, 2.05) is 11.0 Å². The Morgan fingerprint density at radius 2 is 1.75 bits per heavy atom. The van der Waals surface area contributed by atoms with Crippen molar-refractivity contribution in [1.29, 1.82) is 0 Å². The number of amides is 1. The molecule has 0 spiro atoms. The van der Waals surface area contributed by atoms with E-state index in [4.69, 9.17) is 0 Å². The molecule has 0 atom stereocenters. The minimum absolute atomic E-state index is 0.0181. The van der Waals surface area contributed by atoms with Crippen LogP contribution in [-0.4, -0.2) is 46.5 Å². The molecule has 0 unspecified atom stereocenters. The van der Waals surface area contributed by atoms with Crippen molar-refractivity contribution in [1.82, 2.24) is 14.5 Å². The van der Waals surface area contributed by atoms with Crippen molar-refractivity contribution < 1.29 is 18.0 Å². The van der Waals surface area contributed by atoms with Gasteiger partial charge in [0.05, 0.1) is 22.8 Å². The average Bonchev–Trinajstić information content (AvgIpc) is 2.80. The van der Waals surface area contributed by atoms with Crippen LogP contribution in [0.2, 0.25) is 0 Å². The largest absolute Gasteiger partial charge is 0.416 e. The number of carbonyl (C=O) groups is 1. The Balaban J connectivity index is 1.29. The second kappa shape index (κ2) is 9.02. The molecule has 1 aliphatic heterocycles. The molecule has 1 aliphatic rings. The van der Waals surface area contributed by atoms with Gasteiger partial charge in [-0.3, -0.25) is 14.2 Å². The van der Waals surface area contributed by atoms with Gasteiger partial charge in [0.1, 0.15) is 0 Å². The van der Waals surface area contributed by atoms with Crippen LogP contribution in [0.15, 0.2) is 59.7 Å². The van der Waals surface area contributed by atoms with Gasteiger partial charge in [-0.2, -0.15) is 13.2 Å². The zero-order valence-electron chi connectivity index (χ0n) is 17.4. The molecule has 1 saturated heterocycles. The monoisotopic (exact) mass is 444 g/mol. The molecule has 1 fully saturated rings. The Hall–Kier alpha value is -3.36. The normalized spacial score (nSPS) is 14.7. The van der Waals surface area contributed by atoms with Gasteiger partial charge in [-0.05, 0) is 36.8 Å². The van der Waals surface area contributed by atoms with Crippen LogP contribution in [0.4, 0.5) is 18.9 Å². The number of aromatic nitrogens is 2. The summed E-state index contributed by atoms with van der Waals surface area (Å²) in [4.78, 5) is 33.0. The first-order valence-corrected chi connectivity index (χ1v) is 10.5. The van der Waals surface area contributed by atoms with Crippen LogP contribution in [0.25, 0.3) is 10.9 Å². The van der Waals surface area contributed by atoms with Gasteiger partial charge in [0.2, 0.25) is 5.91 Å². The van der Waals surface area contributed by atoms with Crippen LogP contribution in [0.1, 0.15) is 18.4 Å². The summed E-state index contributed by atoms with van der Waals surface area (Å²) in [5.41, 5.74) is 0.350. The van der Waals surface area contributed by atoms with E-state index in [9.17, 15) is 22.8 Å². The lowest BCUT2D eigenvalue weighted by molar-refractivity contribution is -0.137. The minimum atomic E-state index is -4.38. The SMILES string of the molecule is O=C(CCCn1cnc2ccccc2c1=O)N1CCN(c2cccc(C(F)(F)F)c2)CC1. The summed E-state index contributed by atoms with van der Waals surface area (Å²) in [6.07, 6.45) is -2.07. The third-order valence-electron chi connectivity index (χ3n) is 5.69. The van der Waals surface area contributed by atoms with Crippen molar-refractivity contribution >= 4 is 22.5 Å². The number of aryl methyl sites for hydroxylation is 1. The fourth-order valence-corrected chi connectivity index (χ4v) is 3.92. The maximum absolute atomic E-state index is 12.9. The molecule has 6 nitrogen and oxygen atoms in total. The van der Waals surface area contributed by atoms with E-state index in [1.54, 1.807) is 29.2 Å². The molecule has 0 saturated carbocycles. The molecule has 2 heterocycles. The Bertz CT molecular complexity index is 1170. The van der Waals surface area contributed by atoms with E-state index < -0.39 is 11.7 Å². The van der Waals surface area contributed by atoms with Crippen molar-refractivity contribution in [2.75, 3.05) is 31.1 Å². The Kier molecular flexibility index (Phi) is 6.16. The number of piperazine rings is 1. The Labute approximate surface area is 182 Å². The first-order chi connectivity index (χ1) is 15.3. The molecule has 168 valence electrons. The van der Waals surface area contributed by atoms with Crippen LogP contribution in [0.3, 0.4) is 0 Å². The quantitative estimate of drug-likeness (QED) is 0.604. The molecule has 4 rings (SSSR count). The van der Waals surface area contributed by atoms with Crippen molar-refractivity contribution in [3.05, 3.63) is 70.8 Å². The number of hydrogen-bond donors (Lipinski definition) is 0. The number of rotatable bonds is 5. The Morgan fingerprint density at radius 3 is 2.50 bits per heavy atom. The van der Waals surface area contributed by atoms with Crippen LogP contribution < -0.4 is 10.5 Å². The minimum Gasteiger partial charge on any atom is -0.368 e. The number of benzene rings is 2. The lowest BCUT2D eigenvalue weighted by Crippen LogP contribution is -2.48. The second-order valence-corrected chi connectivity index (χ2v) is 7.78. The number of halogens is 3. The zero-order chi connectivity index (χ0) is 22.7. The summed E-state index contributed by atoms with van der Waals surface area (Å²) in [6, 6.07) is 12.4. The smallest absolute Gasteiger partial charge is 0.368 e. The van der Waals surface area contributed by atoms with Crippen LogP contribution in [0.5, 0.6) is 0 Å². The third kappa shape index (κ3) is 4.76. The molecule has 2 aromatic carbocycles. The average molecular weight is 444 g/mol. The van der Waals surface area contributed by atoms with E-state index in [-0.39, 0.29) is 11.5 Å². The van der Waals surface area contributed by atoms with E-state index in [1.165, 1.54) is 17.0 Å². The summed E-state index contributed by atoms with van der Waals surface area (Å²) in [5, 5.41) is 0.548. The molecule has 0 bridgehead atoms. The van der Waals surface area contributed by atoms with Gasteiger partial charge >= 0.3 is 6.18 Å². The lowest BCUT2D eigenvalue weighted by Gasteiger charge is -2.36. The van der Waals surface area contributed by atoms with E-state index >= 15 is 0 Å². The number of para-hydroxylation sites is 1. The predicted molar refractivity (Wildman–Crippen MR) is 115 cm³/mol. The van der Waals surface area contributed by atoms with Gasteiger partial charge in [-0.15, -0.1) is 0 Å². The van der Waals surface area contributed by atoms with Gasteiger partial charge in [0.25, 0.3) is 5.56 Å². The maximum atomic E-state index is 12.9. The maximum Gasteiger partial charge on any atom is 0.416 e. The molecule has 1 amide bonds. The standard InChI is InChI=1S/C23H23F3N4O2/c24-23(25,26)17-5-3-6-18(15-17)28-11-13-29(14-12-28)21(31)9-4-10-30-16-27-20-8-2-1-7-19(20)22(30)32/h1-3,5-8,15-16H,4,9-14H2. The van der Waals surface area contributed by atoms with Crippen molar-refractivity contribution in [3.8, 4) is 0 Å². The highest BCUT2D eigenvalue weighted by molar-refractivity contribution is 5.77. The first kappa shape index (κ1) is 21.9. The molecule has 9 heteroatoms. The first-order valence-electron chi connectivity index (χ1n) is 10.5. The predicted octanol–water partition coefficient (Wildman–Crippen LogP) is 3.54. The highest BCUT2D eigenvalue weighted by Gasteiger charge is 2.31. The molecule has 0 radical (unpaired) electrons. The van der Waals surface area contributed by atoms with Gasteiger partial charge in [0, 0.05) is 44.8 Å². The van der Waals surface area contributed by atoms with Gasteiger partial charge in [-0.1, -0.05) is 18.2 Å². The molecular weight excluding hydrogens is 421 g/mol. The van der Waals surface area contributed by atoms with Crippen LogP contribution in [0, 0.1) is 0 Å².